The number of carbonyl (C=O) groups excluding carboxylic acids is 2. The normalized spacial score (nSPS) is 17.6. The Morgan fingerprint density at radius 1 is 1.40 bits per heavy atom. The first kappa shape index (κ1) is 17.1. The molecule has 1 saturated heterocycles. The van der Waals surface area contributed by atoms with Crippen molar-refractivity contribution in [2.45, 2.75) is 32.1 Å². The summed E-state index contributed by atoms with van der Waals surface area (Å²) in [4.78, 5) is 30.4. The highest BCUT2D eigenvalue weighted by atomic mass is 16.6. The SMILES string of the molecule is CCCCOC(=O)N1CCC(=O)C(c2ccc(-n3cccn3)nc2)C1. The van der Waals surface area contributed by atoms with Crippen LogP contribution in [0, 0.1) is 0 Å². The fourth-order valence-electron chi connectivity index (χ4n) is 2.83. The minimum atomic E-state index is -0.355. The van der Waals surface area contributed by atoms with Gasteiger partial charge in [0.05, 0.1) is 12.5 Å². The molecule has 0 N–H and O–H groups in total. The first-order chi connectivity index (χ1) is 12.2. The van der Waals surface area contributed by atoms with Crippen LogP contribution < -0.4 is 0 Å². The lowest BCUT2D eigenvalue weighted by molar-refractivity contribution is -0.122. The monoisotopic (exact) mass is 342 g/mol. The van der Waals surface area contributed by atoms with Crippen molar-refractivity contribution < 1.29 is 14.3 Å². The van der Waals surface area contributed by atoms with Gasteiger partial charge < -0.3 is 9.64 Å². The number of hydrogen-bond acceptors (Lipinski definition) is 5. The van der Waals surface area contributed by atoms with E-state index in [0.717, 1.165) is 18.4 Å². The zero-order valence-corrected chi connectivity index (χ0v) is 14.3. The lowest BCUT2D eigenvalue weighted by Gasteiger charge is -2.31. The Morgan fingerprint density at radius 3 is 2.96 bits per heavy atom. The molecule has 1 aliphatic heterocycles. The van der Waals surface area contributed by atoms with Crippen LogP contribution in [0.5, 0.6) is 0 Å². The average molecular weight is 342 g/mol. The van der Waals surface area contributed by atoms with Crippen molar-refractivity contribution in [2.24, 2.45) is 0 Å². The van der Waals surface area contributed by atoms with Crippen LogP contribution >= 0.6 is 0 Å². The molecule has 1 fully saturated rings. The van der Waals surface area contributed by atoms with Gasteiger partial charge in [-0.15, -0.1) is 0 Å². The van der Waals surface area contributed by atoms with Gasteiger partial charge in [-0.3, -0.25) is 4.79 Å². The van der Waals surface area contributed by atoms with Crippen LogP contribution in [0.15, 0.2) is 36.8 Å². The van der Waals surface area contributed by atoms with E-state index in [-0.39, 0.29) is 17.8 Å². The molecule has 2 aromatic heterocycles. The molecule has 2 aromatic rings. The van der Waals surface area contributed by atoms with Crippen LogP contribution in [0.2, 0.25) is 0 Å². The molecule has 0 bridgehead atoms. The second kappa shape index (κ2) is 7.92. The van der Waals surface area contributed by atoms with Crippen LogP contribution in [-0.2, 0) is 9.53 Å². The number of amides is 1. The van der Waals surface area contributed by atoms with E-state index in [1.807, 2.05) is 31.3 Å². The van der Waals surface area contributed by atoms with Gasteiger partial charge in [-0.25, -0.2) is 14.5 Å². The second-order valence-corrected chi connectivity index (χ2v) is 6.08. The molecule has 1 amide bonds. The van der Waals surface area contributed by atoms with Crippen LogP contribution in [0.4, 0.5) is 4.79 Å². The number of ether oxygens (including phenoxy) is 1. The minimum Gasteiger partial charge on any atom is -0.449 e. The van der Waals surface area contributed by atoms with Crippen molar-refractivity contribution in [1.82, 2.24) is 19.7 Å². The van der Waals surface area contributed by atoms with Crippen LogP contribution in [0.1, 0.15) is 37.7 Å². The van der Waals surface area contributed by atoms with Gasteiger partial charge in [-0.05, 0) is 24.1 Å². The summed E-state index contributed by atoms with van der Waals surface area (Å²) in [7, 11) is 0. The number of ketones is 1. The maximum atomic E-state index is 12.3. The Morgan fingerprint density at radius 2 is 2.28 bits per heavy atom. The predicted molar refractivity (Wildman–Crippen MR) is 91.6 cm³/mol. The molecule has 1 atom stereocenters. The molecule has 7 nitrogen and oxygen atoms in total. The number of pyridine rings is 1. The van der Waals surface area contributed by atoms with E-state index in [1.54, 1.807) is 22.0 Å². The fraction of sp³-hybridized carbons (Fsp3) is 0.444. The van der Waals surface area contributed by atoms with Gasteiger partial charge >= 0.3 is 6.09 Å². The van der Waals surface area contributed by atoms with Crippen molar-refractivity contribution in [1.29, 1.82) is 0 Å². The quantitative estimate of drug-likeness (QED) is 0.781. The van der Waals surface area contributed by atoms with E-state index in [1.165, 1.54) is 0 Å². The molecule has 0 aliphatic carbocycles. The number of nitrogens with zero attached hydrogens (tertiary/aromatic N) is 4. The third-order valence-corrected chi connectivity index (χ3v) is 4.31. The number of carbonyl (C=O) groups is 2. The Kier molecular flexibility index (Phi) is 5.42. The van der Waals surface area contributed by atoms with E-state index in [0.29, 0.717) is 31.9 Å². The van der Waals surface area contributed by atoms with Gasteiger partial charge in [-0.1, -0.05) is 19.4 Å². The molecule has 1 aliphatic rings. The fourth-order valence-corrected chi connectivity index (χ4v) is 2.83. The van der Waals surface area contributed by atoms with Gasteiger partial charge in [0.15, 0.2) is 5.82 Å². The molecule has 1 unspecified atom stereocenters. The van der Waals surface area contributed by atoms with E-state index < -0.39 is 0 Å². The standard InChI is InChI=1S/C18H22N4O3/c1-2-3-11-25-18(24)21-10-7-16(23)15(13-21)14-5-6-17(19-12-14)22-9-4-8-20-22/h4-6,8-9,12,15H,2-3,7,10-11,13H2,1H3. The third-order valence-electron chi connectivity index (χ3n) is 4.31. The summed E-state index contributed by atoms with van der Waals surface area (Å²) in [6, 6.07) is 5.52. The molecule has 0 radical (unpaired) electrons. The van der Waals surface area contributed by atoms with E-state index >= 15 is 0 Å². The average Bonchev–Trinajstić information content (AvgIpc) is 3.17. The molecule has 7 heteroatoms. The third kappa shape index (κ3) is 4.04. The Hall–Kier alpha value is -2.70. The largest absolute Gasteiger partial charge is 0.449 e. The van der Waals surface area contributed by atoms with E-state index in [9.17, 15) is 9.59 Å². The summed E-state index contributed by atoms with van der Waals surface area (Å²) in [6.45, 7) is 3.22. The number of Topliss-reactive ketones (excluding diaryl/α,β-unsaturated/α-hetero) is 1. The topological polar surface area (TPSA) is 77.3 Å². The molecular formula is C18H22N4O3. The van der Waals surface area contributed by atoms with Gasteiger partial charge in [0.25, 0.3) is 0 Å². The number of rotatable bonds is 5. The van der Waals surface area contributed by atoms with Crippen LogP contribution in [0.3, 0.4) is 0 Å². The van der Waals surface area contributed by atoms with Gasteiger partial charge in [0, 0.05) is 38.1 Å². The number of piperidine rings is 1. The highest BCUT2D eigenvalue weighted by Crippen LogP contribution is 2.24. The summed E-state index contributed by atoms with van der Waals surface area (Å²) >= 11 is 0. The number of aromatic nitrogens is 3. The zero-order chi connectivity index (χ0) is 17.6. The summed E-state index contributed by atoms with van der Waals surface area (Å²) in [5, 5.41) is 4.13. The van der Waals surface area contributed by atoms with Crippen molar-refractivity contribution >= 4 is 11.9 Å². The lowest BCUT2D eigenvalue weighted by atomic mass is 9.90. The zero-order valence-electron chi connectivity index (χ0n) is 14.3. The molecule has 0 spiro atoms. The van der Waals surface area contributed by atoms with Gasteiger partial charge in [0.2, 0.25) is 0 Å². The Labute approximate surface area is 146 Å². The molecule has 132 valence electrons. The number of unbranched alkanes of at least 4 members (excludes halogenated alkanes) is 1. The maximum absolute atomic E-state index is 12.3. The van der Waals surface area contributed by atoms with Crippen LogP contribution in [-0.4, -0.2) is 51.2 Å². The van der Waals surface area contributed by atoms with Gasteiger partial charge in [0.1, 0.15) is 5.78 Å². The first-order valence-corrected chi connectivity index (χ1v) is 8.59. The second-order valence-electron chi connectivity index (χ2n) is 6.08. The molecular weight excluding hydrogens is 320 g/mol. The summed E-state index contributed by atoms with van der Waals surface area (Å²) in [6.07, 6.45) is 7.00. The number of likely N-dealkylation sites (tertiary alicyclic amines) is 1. The highest BCUT2D eigenvalue weighted by molar-refractivity contribution is 5.88. The van der Waals surface area contributed by atoms with Crippen molar-refractivity contribution in [2.75, 3.05) is 19.7 Å². The smallest absolute Gasteiger partial charge is 0.409 e. The molecule has 0 aromatic carbocycles. The van der Waals surface area contributed by atoms with Crippen molar-refractivity contribution in [3.05, 3.63) is 42.4 Å². The van der Waals surface area contributed by atoms with Crippen molar-refractivity contribution in [3.63, 3.8) is 0 Å². The predicted octanol–water partition coefficient (Wildman–Crippen LogP) is 2.56. The molecule has 3 heterocycles. The van der Waals surface area contributed by atoms with Crippen molar-refractivity contribution in [3.8, 4) is 5.82 Å². The van der Waals surface area contributed by atoms with Gasteiger partial charge in [-0.2, -0.15) is 5.10 Å². The molecule has 3 rings (SSSR count). The highest BCUT2D eigenvalue weighted by Gasteiger charge is 2.31. The van der Waals surface area contributed by atoms with Crippen LogP contribution in [0.25, 0.3) is 5.82 Å². The van der Waals surface area contributed by atoms with E-state index in [4.69, 9.17) is 4.74 Å². The van der Waals surface area contributed by atoms with E-state index in [2.05, 4.69) is 10.1 Å². The first-order valence-electron chi connectivity index (χ1n) is 8.59. The Bertz CT molecular complexity index is 712. The number of hydrogen-bond donors (Lipinski definition) is 0. The maximum Gasteiger partial charge on any atom is 0.409 e. The molecule has 25 heavy (non-hydrogen) atoms. The molecule has 0 saturated carbocycles. The minimum absolute atomic E-state index is 0.131. The lowest BCUT2D eigenvalue weighted by Crippen LogP contribution is -2.43. The summed E-state index contributed by atoms with van der Waals surface area (Å²) < 4.78 is 6.91. The summed E-state index contributed by atoms with van der Waals surface area (Å²) in [5.41, 5.74) is 0.812. The Balaban J connectivity index is 1.67. The summed E-state index contributed by atoms with van der Waals surface area (Å²) in [5.74, 6) is 0.464.